The minimum absolute atomic E-state index is 0.000237. The molecule has 26 heavy (non-hydrogen) atoms. The number of rotatable bonds is 8. The third-order valence-electron chi connectivity index (χ3n) is 5.16. The molecule has 1 aliphatic rings. The number of hydrogen-bond acceptors (Lipinski definition) is 4. The Bertz CT molecular complexity index is 647. The second-order valence-corrected chi connectivity index (χ2v) is 6.88. The van der Waals surface area contributed by atoms with E-state index in [1.807, 2.05) is 0 Å². The third kappa shape index (κ3) is 4.62. The van der Waals surface area contributed by atoms with Gasteiger partial charge in [-0.05, 0) is 50.5 Å². The summed E-state index contributed by atoms with van der Waals surface area (Å²) in [6, 6.07) is 6.87. The Morgan fingerprint density at radius 2 is 1.73 bits per heavy atom. The lowest BCUT2D eigenvalue weighted by atomic mass is 9.80. The molecular weight excluding hydrogens is 334 g/mol. The van der Waals surface area contributed by atoms with Crippen LogP contribution in [0.5, 0.6) is 5.75 Å². The molecule has 1 aromatic carbocycles. The number of carbonyl (C=O) groups is 3. The number of carboxylic acid groups (broad SMARTS) is 1. The average Bonchev–Trinajstić information content (AvgIpc) is 2.65. The zero-order valence-electron chi connectivity index (χ0n) is 15.5. The number of ether oxygens (including phenoxy) is 1. The molecule has 6 heteroatoms. The van der Waals surface area contributed by atoms with E-state index < -0.39 is 11.5 Å². The fraction of sp³-hybridized carbons (Fsp3) is 0.550. The molecule has 0 bridgehead atoms. The molecular formula is C20H27NO5. The molecule has 0 aromatic heterocycles. The van der Waals surface area contributed by atoms with Crippen molar-refractivity contribution in [3.8, 4) is 5.75 Å². The largest absolute Gasteiger partial charge is 0.494 e. The zero-order valence-corrected chi connectivity index (χ0v) is 15.5. The Balaban J connectivity index is 1.82. The highest BCUT2D eigenvalue weighted by molar-refractivity contribution is 5.94. The Morgan fingerprint density at radius 3 is 2.27 bits per heavy atom. The van der Waals surface area contributed by atoms with E-state index in [0.717, 1.165) is 19.3 Å². The number of benzene rings is 1. The van der Waals surface area contributed by atoms with Gasteiger partial charge in [-0.15, -0.1) is 0 Å². The summed E-state index contributed by atoms with van der Waals surface area (Å²) in [7, 11) is 1.60. The lowest BCUT2D eigenvalue weighted by Crippen LogP contribution is -2.56. The number of carbonyl (C=O) groups excluding carboxylic acids is 2. The van der Waals surface area contributed by atoms with Gasteiger partial charge in [-0.3, -0.25) is 9.59 Å². The second-order valence-electron chi connectivity index (χ2n) is 6.88. The summed E-state index contributed by atoms with van der Waals surface area (Å²) < 4.78 is 5.59. The van der Waals surface area contributed by atoms with E-state index in [1.54, 1.807) is 31.3 Å². The molecule has 0 saturated heterocycles. The number of aliphatic carboxylic acids is 1. The summed E-state index contributed by atoms with van der Waals surface area (Å²) in [5.74, 6) is -0.426. The fourth-order valence-corrected chi connectivity index (χ4v) is 3.44. The van der Waals surface area contributed by atoms with Crippen LogP contribution < -0.4 is 4.74 Å². The van der Waals surface area contributed by atoms with Crippen LogP contribution in [0.15, 0.2) is 24.3 Å². The first kappa shape index (κ1) is 19.9. The molecule has 2 rings (SSSR count). The first-order valence-electron chi connectivity index (χ1n) is 9.11. The van der Waals surface area contributed by atoms with Crippen LogP contribution in [-0.4, -0.2) is 46.9 Å². The Kier molecular flexibility index (Phi) is 6.77. The van der Waals surface area contributed by atoms with Crippen molar-refractivity contribution >= 4 is 17.7 Å². The van der Waals surface area contributed by atoms with Gasteiger partial charge in [0.05, 0.1) is 6.61 Å². The standard InChI is InChI=1S/C20H27NO5/c1-15(22)16-8-10-17(11-9-16)26-14-6-7-18(23)21(2)20(19(24)25)12-4-3-5-13-20/h8-11H,3-7,12-14H2,1-2H3,(H,24,25). The van der Waals surface area contributed by atoms with Gasteiger partial charge in [0.1, 0.15) is 11.3 Å². The molecule has 1 fully saturated rings. The van der Waals surface area contributed by atoms with Crippen molar-refractivity contribution in [2.45, 2.75) is 57.4 Å². The lowest BCUT2D eigenvalue weighted by Gasteiger charge is -2.41. The molecule has 0 atom stereocenters. The maximum absolute atomic E-state index is 12.5. The van der Waals surface area contributed by atoms with Gasteiger partial charge in [0.15, 0.2) is 5.78 Å². The van der Waals surface area contributed by atoms with Gasteiger partial charge in [-0.25, -0.2) is 4.79 Å². The number of Topliss-reactive ketones (excluding diaryl/α,β-unsaturated/α-hetero) is 1. The van der Waals surface area contributed by atoms with Gasteiger partial charge >= 0.3 is 5.97 Å². The molecule has 0 radical (unpaired) electrons. The first-order valence-corrected chi connectivity index (χ1v) is 9.11. The van der Waals surface area contributed by atoms with Crippen LogP contribution >= 0.6 is 0 Å². The smallest absolute Gasteiger partial charge is 0.329 e. The summed E-state index contributed by atoms with van der Waals surface area (Å²) in [6.45, 7) is 1.87. The van der Waals surface area contributed by atoms with E-state index in [9.17, 15) is 19.5 Å². The predicted molar refractivity (Wildman–Crippen MR) is 97.4 cm³/mol. The number of ketones is 1. The van der Waals surface area contributed by atoms with Gasteiger partial charge in [0.25, 0.3) is 0 Å². The summed E-state index contributed by atoms with van der Waals surface area (Å²) in [4.78, 5) is 36.9. The fourth-order valence-electron chi connectivity index (χ4n) is 3.44. The van der Waals surface area contributed by atoms with Crippen LogP contribution in [0.2, 0.25) is 0 Å². The second kappa shape index (κ2) is 8.83. The van der Waals surface area contributed by atoms with Gasteiger partial charge < -0.3 is 14.7 Å². The highest BCUT2D eigenvalue weighted by Gasteiger charge is 2.45. The van der Waals surface area contributed by atoms with Crippen molar-refractivity contribution < 1.29 is 24.2 Å². The van der Waals surface area contributed by atoms with Crippen LogP contribution in [0, 0.1) is 0 Å². The summed E-state index contributed by atoms with van der Waals surface area (Å²) >= 11 is 0. The van der Waals surface area contributed by atoms with Gasteiger partial charge in [-0.2, -0.15) is 0 Å². The van der Waals surface area contributed by atoms with Crippen LogP contribution in [-0.2, 0) is 9.59 Å². The SMILES string of the molecule is CC(=O)c1ccc(OCCCC(=O)N(C)C2(C(=O)O)CCCCC2)cc1. The van der Waals surface area contributed by atoms with Gasteiger partial charge in [-0.1, -0.05) is 19.3 Å². The van der Waals surface area contributed by atoms with E-state index in [-0.39, 0.29) is 18.1 Å². The van der Waals surface area contributed by atoms with Crippen LogP contribution in [0.4, 0.5) is 0 Å². The highest BCUT2D eigenvalue weighted by Crippen LogP contribution is 2.33. The average molecular weight is 361 g/mol. The topological polar surface area (TPSA) is 83.9 Å². The normalized spacial score (nSPS) is 15.9. The quantitative estimate of drug-likeness (QED) is 0.567. The molecule has 0 aliphatic heterocycles. The number of likely N-dealkylation sites (N-methyl/N-ethyl adjacent to an activating group) is 1. The Morgan fingerprint density at radius 1 is 1.12 bits per heavy atom. The molecule has 1 saturated carbocycles. The lowest BCUT2D eigenvalue weighted by molar-refractivity contribution is -0.160. The van der Waals surface area contributed by atoms with Crippen molar-refractivity contribution in [3.05, 3.63) is 29.8 Å². The Hall–Kier alpha value is -2.37. The number of nitrogens with zero attached hydrogens (tertiary/aromatic N) is 1. The van der Waals surface area contributed by atoms with E-state index in [0.29, 0.717) is 37.2 Å². The molecule has 1 N–H and O–H groups in total. The van der Waals surface area contributed by atoms with E-state index in [1.165, 1.54) is 11.8 Å². The predicted octanol–water partition coefficient (Wildman–Crippen LogP) is 3.29. The molecule has 0 heterocycles. The molecule has 1 amide bonds. The van der Waals surface area contributed by atoms with Crippen molar-refractivity contribution in [2.24, 2.45) is 0 Å². The van der Waals surface area contributed by atoms with Crippen LogP contribution in [0.3, 0.4) is 0 Å². The minimum atomic E-state index is -1.06. The molecule has 1 aromatic rings. The number of amides is 1. The molecule has 0 spiro atoms. The van der Waals surface area contributed by atoms with Crippen molar-refractivity contribution in [1.82, 2.24) is 4.90 Å². The Labute approximate surface area is 154 Å². The first-order chi connectivity index (χ1) is 12.4. The van der Waals surface area contributed by atoms with E-state index >= 15 is 0 Å². The van der Waals surface area contributed by atoms with Gasteiger partial charge in [0.2, 0.25) is 5.91 Å². The minimum Gasteiger partial charge on any atom is -0.494 e. The number of hydrogen-bond donors (Lipinski definition) is 1. The summed E-state index contributed by atoms with van der Waals surface area (Å²) in [6.07, 6.45) is 4.48. The molecule has 142 valence electrons. The van der Waals surface area contributed by atoms with E-state index in [2.05, 4.69) is 0 Å². The van der Waals surface area contributed by atoms with Crippen molar-refractivity contribution in [2.75, 3.05) is 13.7 Å². The highest BCUT2D eigenvalue weighted by atomic mass is 16.5. The maximum Gasteiger partial charge on any atom is 0.329 e. The maximum atomic E-state index is 12.5. The molecule has 0 unspecified atom stereocenters. The zero-order chi connectivity index (χ0) is 19.2. The summed E-state index contributed by atoms with van der Waals surface area (Å²) in [5, 5.41) is 9.65. The van der Waals surface area contributed by atoms with Gasteiger partial charge in [0, 0.05) is 19.0 Å². The molecule has 6 nitrogen and oxygen atoms in total. The van der Waals surface area contributed by atoms with E-state index in [4.69, 9.17) is 4.74 Å². The monoisotopic (exact) mass is 361 g/mol. The summed E-state index contributed by atoms with van der Waals surface area (Å²) in [5.41, 5.74) is -0.431. The third-order valence-corrected chi connectivity index (χ3v) is 5.16. The molecule has 1 aliphatic carbocycles. The number of carboxylic acids is 1. The van der Waals surface area contributed by atoms with Crippen LogP contribution in [0.25, 0.3) is 0 Å². The van der Waals surface area contributed by atoms with Crippen LogP contribution in [0.1, 0.15) is 62.2 Å². The van der Waals surface area contributed by atoms with Crippen molar-refractivity contribution in [1.29, 1.82) is 0 Å². The van der Waals surface area contributed by atoms with Crippen molar-refractivity contribution in [3.63, 3.8) is 0 Å².